The normalized spacial score (nSPS) is 10.8. The molecule has 0 unspecified atom stereocenters. The Kier molecular flexibility index (Phi) is 5.39. The molecule has 5 nitrogen and oxygen atoms in total. The first kappa shape index (κ1) is 17.1. The van der Waals surface area contributed by atoms with Crippen molar-refractivity contribution in [3.63, 3.8) is 0 Å². The number of fused-ring (bicyclic) bond motifs is 1. The van der Waals surface area contributed by atoms with E-state index < -0.39 is 11.8 Å². The Balaban J connectivity index is 1.59. The molecular weight excluding hydrogens is 429 g/mol. The predicted octanol–water partition coefficient (Wildman–Crippen LogP) is 3.53. The lowest BCUT2D eigenvalue weighted by atomic mass is 10.1. The van der Waals surface area contributed by atoms with Crippen LogP contribution in [0.15, 0.2) is 71.8 Å². The minimum Gasteiger partial charge on any atom is -0.318 e. The van der Waals surface area contributed by atoms with Crippen molar-refractivity contribution in [2.45, 2.75) is 0 Å². The molecule has 0 spiro atoms. The van der Waals surface area contributed by atoms with Gasteiger partial charge in [0.15, 0.2) is 0 Å². The van der Waals surface area contributed by atoms with E-state index in [4.69, 9.17) is 0 Å². The Labute approximate surface area is 158 Å². The van der Waals surface area contributed by atoms with Gasteiger partial charge in [-0.1, -0.05) is 42.5 Å². The van der Waals surface area contributed by atoms with Crippen LogP contribution in [0.4, 0.5) is 5.69 Å². The molecule has 0 aromatic heterocycles. The highest BCUT2D eigenvalue weighted by molar-refractivity contribution is 14.1. The Morgan fingerprint density at radius 3 is 2.36 bits per heavy atom. The third-order valence-corrected chi connectivity index (χ3v) is 4.18. The molecule has 2 N–H and O–H groups in total. The number of anilines is 1. The molecule has 6 heteroatoms. The van der Waals surface area contributed by atoms with E-state index in [0.29, 0.717) is 5.69 Å². The van der Waals surface area contributed by atoms with Gasteiger partial charge in [0.1, 0.15) is 0 Å². The van der Waals surface area contributed by atoms with Gasteiger partial charge < -0.3 is 5.32 Å². The zero-order valence-electron chi connectivity index (χ0n) is 13.1. The fraction of sp³-hybridized carbons (Fsp3) is 0. The number of carbonyl (C=O) groups excluding carboxylic acids is 2. The minimum atomic E-state index is -0.824. The van der Waals surface area contributed by atoms with Crippen molar-refractivity contribution >= 4 is 57.1 Å². The van der Waals surface area contributed by atoms with E-state index in [9.17, 15) is 9.59 Å². The molecule has 0 saturated carbocycles. The van der Waals surface area contributed by atoms with Gasteiger partial charge in [0, 0.05) is 9.26 Å². The molecule has 3 aromatic carbocycles. The van der Waals surface area contributed by atoms with E-state index in [0.717, 1.165) is 19.9 Å². The molecule has 3 aromatic rings. The maximum atomic E-state index is 11.9. The number of hydrazone groups is 1. The number of amides is 2. The Morgan fingerprint density at radius 2 is 1.60 bits per heavy atom. The lowest BCUT2D eigenvalue weighted by Gasteiger charge is -2.05. The number of hydrogen-bond acceptors (Lipinski definition) is 3. The highest BCUT2D eigenvalue weighted by Crippen LogP contribution is 2.18. The largest absolute Gasteiger partial charge is 0.329 e. The van der Waals surface area contributed by atoms with E-state index >= 15 is 0 Å². The molecule has 0 atom stereocenters. The van der Waals surface area contributed by atoms with Crippen molar-refractivity contribution in [1.29, 1.82) is 0 Å². The molecule has 0 radical (unpaired) electrons. The summed E-state index contributed by atoms with van der Waals surface area (Å²) in [6, 6.07) is 20.8. The molecule has 3 rings (SSSR count). The number of hydrogen-bond donors (Lipinski definition) is 2. The topological polar surface area (TPSA) is 70.6 Å². The number of nitrogens with zero attached hydrogens (tertiary/aromatic N) is 1. The first-order valence-corrected chi connectivity index (χ1v) is 8.58. The number of benzene rings is 3. The third kappa shape index (κ3) is 4.63. The standard InChI is InChI=1S/C19H14IN3O2/c20-16-8-5-13(6-9-16)12-21-23-19(25)18(24)22-17-10-7-14-3-1-2-4-15(14)11-17/h1-12H,(H,22,24)(H,23,25)/b21-12+. The minimum absolute atomic E-state index is 0.556. The lowest BCUT2D eigenvalue weighted by Crippen LogP contribution is -2.32. The summed E-state index contributed by atoms with van der Waals surface area (Å²) in [5, 5.41) is 8.41. The SMILES string of the molecule is O=C(N/N=C/c1ccc(I)cc1)C(=O)Nc1ccc2ccccc2c1. The van der Waals surface area contributed by atoms with Gasteiger partial charge >= 0.3 is 11.8 Å². The van der Waals surface area contributed by atoms with Crippen LogP contribution in [0.1, 0.15) is 5.56 Å². The molecule has 0 saturated heterocycles. The predicted molar refractivity (Wildman–Crippen MR) is 107 cm³/mol. The molecular formula is C19H14IN3O2. The summed E-state index contributed by atoms with van der Waals surface area (Å²) in [7, 11) is 0. The van der Waals surface area contributed by atoms with Crippen LogP contribution in [0.2, 0.25) is 0 Å². The third-order valence-electron chi connectivity index (χ3n) is 3.46. The van der Waals surface area contributed by atoms with Crippen LogP contribution in [0, 0.1) is 3.57 Å². The second-order valence-electron chi connectivity index (χ2n) is 5.27. The number of rotatable bonds is 3. The van der Waals surface area contributed by atoms with Crippen molar-refractivity contribution in [1.82, 2.24) is 5.43 Å². The molecule has 0 bridgehead atoms. The van der Waals surface area contributed by atoms with Crippen molar-refractivity contribution in [2.24, 2.45) is 5.10 Å². The van der Waals surface area contributed by atoms with E-state index in [-0.39, 0.29) is 0 Å². The molecule has 0 aliphatic rings. The van der Waals surface area contributed by atoms with Crippen molar-refractivity contribution in [2.75, 3.05) is 5.32 Å². The average molecular weight is 443 g/mol. The van der Waals surface area contributed by atoms with Gasteiger partial charge in [-0.2, -0.15) is 5.10 Å². The second kappa shape index (κ2) is 7.89. The van der Waals surface area contributed by atoms with Gasteiger partial charge in [0.2, 0.25) is 0 Å². The zero-order valence-corrected chi connectivity index (χ0v) is 15.2. The monoisotopic (exact) mass is 443 g/mol. The van der Waals surface area contributed by atoms with Gasteiger partial charge in [-0.15, -0.1) is 0 Å². The van der Waals surface area contributed by atoms with Crippen LogP contribution in [-0.2, 0) is 9.59 Å². The molecule has 0 fully saturated rings. The molecule has 0 heterocycles. The summed E-state index contributed by atoms with van der Waals surface area (Å²) in [6.07, 6.45) is 1.48. The summed E-state index contributed by atoms with van der Waals surface area (Å²) >= 11 is 2.20. The van der Waals surface area contributed by atoms with Crippen molar-refractivity contribution in [3.8, 4) is 0 Å². The highest BCUT2D eigenvalue weighted by atomic mass is 127. The van der Waals surface area contributed by atoms with Gasteiger partial charge in [0.25, 0.3) is 0 Å². The van der Waals surface area contributed by atoms with Crippen LogP contribution in [0.5, 0.6) is 0 Å². The van der Waals surface area contributed by atoms with Gasteiger partial charge in [0.05, 0.1) is 6.21 Å². The molecule has 124 valence electrons. The Bertz CT molecular complexity index is 952. The van der Waals surface area contributed by atoms with Crippen LogP contribution in [-0.4, -0.2) is 18.0 Å². The smallest absolute Gasteiger partial charge is 0.318 e. The zero-order chi connectivity index (χ0) is 17.6. The van der Waals surface area contributed by atoms with Crippen LogP contribution in [0.25, 0.3) is 10.8 Å². The fourth-order valence-electron chi connectivity index (χ4n) is 2.22. The summed E-state index contributed by atoms with van der Waals surface area (Å²) < 4.78 is 1.11. The Hall–Kier alpha value is -2.74. The lowest BCUT2D eigenvalue weighted by molar-refractivity contribution is -0.136. The van der Waals surface area contributed by atoms with E-state index in [1.54, 1.807) is 6.07 Å². The van der Waals surface area contributed by atoms with E-state index in [1.807, 2.05) is 60.7 Å². The van der Waals surface area contributed by atoms with E-state index in [1.165, 1.54) is 6.21 Å². The first-order valence-electron chi connectivity index (χ1n) is 7.50. The Morgan fingerprint density at radius 1 is 0.880 bits per heavy atom. The van der Waals surface area contributed by atoms with Crippen LogP contribution >= 0.6 is 22.6 Å². The summed E-state index contributed by atoms with van der Waals surface area (Å²) in [4.78, 5) is 23.8. The summed E-state index contributed by atoms with van der Waals surface area (Å²) in [6.45, 7) is 0. The molecule has 0 aliphatic heterocycles. The quantitative estimate of drug-likeness (QED) is 0.282. The molecule has 25 heavy (non-hydrogen) atoms. The van der Waals surface area contributed by atoms with Gasteiger partial charge in [-0.05, 0) is 63.2 Å². The average Bonchev–Trinajstić information content (AvgIpc) is 2.63. The van der Waals surface area contributed by atoms with Crippen molar-refractivity contribution in [3.05, 3.63) is 75.9 Å². The summed E-state index contributed by atoms with van der Waals surface area (Å²) in [5.41, 5.74) is 3.60. The maximum Gasteiger partial charge on any atom is 0.329 e. The molecule has 2 amide bonds. The summed E-state index contributed by atoms with van der Waals surface area (Å²) in [5.74, 6) is -1.59. The maximum absolute atomic E-state index is 11.9. The van der Waals surface area contributed by atoms with Gasteiger partial charge in [-0.25, -0.2) is 5.43 Å². The fourth-order valence-corrected chi connectivity index (χ4v) is 2.58. The molecule has 0 aliphatic carbocycles. The van der Waals surface area contributed by atoms with Crippen LogP contribution in [0.3, 0.4) is 0 Å². The first-order chi connectivity index (χ1) is 12.1. The van der Waals surface area contributed by atoms with E-state index in [2.05, 4.69) is 38.4 Å². The number of halogens is 1. The van der Waals surface area contributed by atoms with Crippen molar-refractivity contribution < 1.29 is 9.59 Å². The second-order valence-corrected chi connectivity index (χ2v) is 6.51. The highest BCUT2D eigenvalue weighted by Gasteiger charge is 2.12. The number of nitrogens with one attached hydrogen (secondary N) is 2. The number of carbonyl (C=O) groups is 2. The van der Waals surface area contributed by atoms with Gasteiger partial charge in [-0.3, -0.25) is 9.59 Å². The van der Waals surface area contributed by atoms with Crippen LogP contribution < -0.4 is 10.7 Å².